The second-order valence-corrected chi connectivity index (χ2v) is 8.43. The minimum absolute atomic E-state index is 0.0157. The first-order valence-electron chi connectivity index (χ1n) is 11.9. The van der Waals surface area contributed by atoms with E-state index in [4.69, 9.17) is 34.2 Å². The fraction of sp³-hybridized carbons (Fsp3) is 0.600. The third-order valence-electron chi connectivity index (χ3n) is 5.21. The van der Waals surface area contributed by atoms with Gasteiger partial charge in [-0.05, 0) is 64.7 Å². The molecule has 1 aromatic rings. The van der Waals surface area contributed by atoms with E-state index < -0.39 is 42.5 Å². The van der Waals surface area contributed by atoms with Crippen molar-refractivity contribution in [2.45, 2.75) is 98.2 Å². The molecule has 5 atom stereocenters. The highest BCUT2D eigenvalue weighted by Crippen LogP contribution is 2.30. The van der Waals surface area contributed by atoms with Crippen LogP contribution in [0.3, 0.4) is 0 Å². The van der Waals surface area contributed by atoms with Crippen LogP contribution in [0.15, 0.2) is 18.2 Å². The average Bonchev–Trinajstić information content (AvgIpc) is 2.79. The van der Waals surface area contributed by atoms with E-state index >= 15 is 0 Å². The van der Waals surface area contributed by atoms with Gasteiger partial charge in [0, 0.05) is 6.92 Å². The van der Waals surface area contributed by atoms with E-state index in [0.717, 1.165) is 0 Å². The zero-order valence-electron chi connectivity index (χ0n) is 21.9. The van der Waals surface area contributed by atoms with Gasteiger partial charge >= 0.3 is 24.2 Å². The Balaban J connectivity index is 3.00. The minimum Gasteiger partial charge on any atom is -0.459 e. The average molecular weight is 512 g/mol. The summed E-state index contributed by atoms with van der Waals surface area (Å²) in [6, 6.07) is 3.28. The van der Waals surface area contributed by atoms with Crippen LogP contribution in [-0.4, -0.2) is 54.7 Å². The Morgan fingerprint density at radius 3 is 1.78 bits per heavy atom. The number of carbonyl (C=O) groups excluding carboxylic acids is 4. The van der Waals surface area contributed by atoms with Crippen LogP contribution in [0.1, 0.15) is 66.9 Å². The number of carbonyl (C=O) groups is 4. The molecular formula is C25H37NO10. The van der Waals surface area contributed by atoms with Crippen molar-refractivity contribution in [1.29, 1.82) is 0 Å². The molecule has 0 spiro atoms. The van der Waals surface area contributed by atoms with Crippen molar-refractivity contribution in [3.8, 4) is 11.5 Å². The molecule has 0 aliphatic heterocycles. The fourth-order valence-corrected chi connectivity index (χ4v) is 2.63. The molecule has 202 valence electrons. The third-order valence-corrected chi connectivity index (χ3v) is 5.21. The quantitative estimate of drug-likeness (QED) is 0.246. The van der Waals surface area contributed by atoms with Crippen LogP contribution < -0.4 is 15.2 Å². The molecule has 0 amide bonds. The molecule has 0 bridgehead atoms. The van der Waals surface area contributed by atoms with Gasteiger partial charge in [0.25, 0.3) is 0 Å². The molecule has 0 saturated carbocycles. The zero-order valence-corrected chi connectivity index (χ0v) is 21.9. The minimum atomic E-state index is -1.07. The summed E-state index contributed by atoms with van der Waals surface area (Å²) in [4.78, 5) is 47.8. The Morgan fingerprint density at radius 2 is 1.28 bits per heavy atom. The number of ether oxygens (including phenoxy) is 6. The maximum absolute atomic E-state index is 12.4. The molecule has 0 heterocycles. The third kappa shape index (κ3) is 10.9. The van der Waals surface area contributed by atoms with Gasteiger partial charge in [-0.3, -0.25) is 9.59 Å². The number of hydrogen-bond acceptors (Lipinski definition) is 11. The van der Waals surface area contributed by atoms with E-state index in [1.165, 1.54) is 19.1 Å². The highest BCUT2D eigenvalue weighted by atomic mass is 16.7. The van der Waals surface area contributed by atoms with Gasteiger partial charge in [-0.2, -0.15) is 0 Å². The molecule has 0 aromatic heterocycles. The maximum atomic E-state index is 12.4. The Bertz CT molecular complexity index is 903. The normalized spacial score (nSPS) is 14.9. The highest BCUT2D eigenvalue weighted by molar-refractivity contribution is 5.76. The number of rotatable bonds is 12. The summed E-state index contributed by atoms with van der Waals surface area (Å²) in [6.45, 7) is 11.5. The van der Waals surface area contributed by atoms with Gasteiger partial charge in [-0.25, -0.2) is 9.59 Å². The molecule has 0 radical (unpaired) electrons. The van der Waals surface area contributed by atoms with Crippen molar-refractivity contribution in [2.75, 3.05) is 0 Å². The van der Waals surface area contributed by atoms with Crippen LogP contribution in [0.25, 0.3) is 0 Å². The van der Waals surface area contributed by atoms with Crippen LogP contribution in [0.4, 0.5) is 9.59 Å². The highest BCUT2D eigenvalue weighted by Gasteiger charge is 2.25. The first-order chi connectivity index (χ1) is 16.9. The zero-order chi connectivity index (χ0) is 27.4. The molecule has 1 rings (SSSR count). The predicted molar refractivity (Wildman–Crippen MR) is 129 cm³/mol. The van der Waals surface area contributed by atoms with E-state index in [-0.39, 0.29) is 30.1 Å². The van der Waals surface area contributed by atoms with Crippen molar-refractivity contribution in [1.82, 2.24) is 0 Å². The van der Waals surface area contributed by atoms with Gasteiger partial charge in [-0.1, -0.05) is 19.9 Å². The number of nitrogens with two attached hydrogens (primary N) is 1. The molecule has 36 heavy (non-hydrogen) atoms. The summed E-state index contributed by atoms with van der Waals surface area (Å²) < 4.78 is 31.0. The predicted octanol–water partition coefficient (Wildman–Crippen LogP) is 4.07. The summed E-state index contributed by atoms with van der Waals surface area (Å²) in [5.41, 5.74) is 6.50. The van der Waals surface area contributed by atoms with Gasteiger partial charge in [0.05, 0.1) is 0 Å². The van der Waals surface area contributed by atoms with Crippen molar-refractivity contribution in [3.05, 3.63) is 23.8 Å². The van der Waals surface area contributed by atoms with E-state index in [0.29, 0.717) is 18.4 Å². The van der Waals surface area contributed by atoms with Crippen LogP contribution in [-0.2, 0) is 35.0 Å². The second kappa shape index (κ2) is 14.9. The summed E-state index contributed by atoms with van der Waals surface area (Å²) >= 11 is 0. The molecule has 11 heteroatoms. The van der Waals surface area contributed by atoms with E-state index in [2.05, 4.69) is 0 Å². The van der Waals surface area contributed by atoms with Gasteiger partial charge < -0.3 is 34.2 Å². The molecule has 0 fully saturated rings. The van der Waals surface area contributed by atoms with Crippen molar-refractivity contribution >= 4 is 24.2 Å². The summed E-state index contributed by atoms with van der Waals surface area (Å²) in [5.74, 6) is -1.39. The monoisotopic (exact) mass is 511 g/mol. The summed E-state index contributed by atoms with van der Waals surface area (Å²) in [7, 11) is 0. The lowest BCUT2D eigenvalue weighted by molar-refractivity contribution is -0.164. The molecule has 1 aromatic carbocycles. The van der Waals surface area contributed by atoms with E-state index in [1.54, 1.807) is 33.8 Å². The molecule has 11 nitrogen and oxygen atoms in total. The van der Waals surface area contributed by atoms with Crippen molar-refractivity contribution < 1.29 is 47.6 Å². The molecule has 0 saturated heterocycles. The van der Waals surface area contributed by atoms with Crippen molar-refractivity contribution in [3.63, 3.8) is 0 Å². The molecule has 2 N–H and O–H groups in total. The SMILES string of the molecule is CCC(C)OC(=O)Oc1ccc(C[C@H](N)C(=O)O[C@@H](C)[C@H](C)OC(C)=O)cc1OC(=O)OC(C)CC. The largest absolute Gasteiger partial charge is 0.514 e. The Labute approximate surface area is 211 Å². The molecular weight excluding hydrogens is 474 g/mol. The standard InChI is InChI=1S/C25H37NO10/c1-8-14(3)31-24(29)35-21-11-10-19(13-22(21)36-25(30)32-15(4)9-2)12-20(26)23(28)34-17(6)16(5)33-18(7)27/h10-11,13-17,20H,8-9,12,26H2,1-7H3/t14?,15?,16-,17-,20-/m0/s1. The smallest absolute Gasteiger partial charge is 0.459 e. The second-order valence-electron chi connectivity index (χ2n) is 8.43. The molecule has 0 aliphatic rings. The Hall–Kier alpha value is -3.34. The first kappa shape index (κ1) is 30.7. The number of benzene rings is 1. The van der Waals surface area contributed by atoms with Crippen LogP contribution in [0.2, 0.25) is 0 Å². The van der Waals surface area contributed by atoms with Crippen LogP contribution in [0.5, 0.6) is 11.5 Å². The fourth-order valence-electron chi connectivity index (χ4n) is 2.63. The van der Waals surface area contributed by atoms with Crippen LogP contribution >= 0.6 is 0 Å². The van der Waals surface area contributed by atoms with Crippen LogP contribution in [0, 0.1) is 0 Å². The lowest BCUT2D eigenvalue weighted by atomic mass is 10.1. The van der Waals surface area contributed by atoms with Crippen molar-refractivity contribution in [2.24, 2.45) is 5.73 Å². The Morgan fingerprint density at radius 1 is 0.778 bits per heavy atom. The summed E-state index contributed by atoms with van der Waals surface area (Å²) in [5, 5.41) is 0. The number of hydrogen-bond donors (Lipinski definition) is 1. The molecule has 0 aliphatic carbocycles. The van der Waals surface area contributed by atoms with Gasteiger partial charge in [0.1, 0.15) is 30.5 Å². The van der Waals surface area contributed by atoms with Gasteiger partial charge in [0.15, 0.2) is 11.5 Å². The van der Waals surface area contributed by atoms with Gasteiger partial charge in [-0.15, -0.1) is 0 Å². The topological polar surface area (TPSA) is 150 Å². The van der Waals surface area contributed by atoms with E-state index in [9.17, 15) is 19.2 Å². The number of esters is 2. The molecule has 2 unspecified atom stereocenters. The first-order valence-corrected chi connectivity index (χ1v) is 11.9. The van der Waals surface area contributed by atoms with Gasteiger partial charge in [0.2, 0.25) is 0 Å². The lowest BCUT2D eigenvalue weighted by Crippen LogP contribution is -2.39. The van der Waals surface area contributed by atoms with E-state index in [1.807, 2.05) is 13.8 Å². The maximum Gasteiger partial charge on any atom is 0.514 e. The Kier molecular flexibility index (Phi) is 12.7. The lowest BCUT2D eigenvalue weighted by Gasteiger charge is -2.22. The summed E-state index contributed by atoms with van der Waals surface area (Å²) in [6.07, 6.45) is -2.90.